The van der Waals surface area contributed by atoms with E-state index in [1.165, 1.54) is 28.1 Å². The SMILES string of the molecule is C=CC(N1CCOCC1)S(=O)(=O)c1cnc2sc(N(C)C3CC3)nn12. The Hall–Kier alpha value is -1.49. The average Bonchev–Trinajstić information content (AvgIpc) is 3.24. The number of sulfone groups is 1. The van der Waals surface area contributed by atoms with Crippen molar-refractivity contribution in [3.63, 3.8) is 0 Å². The van der Waals surface area contributed by atoms with Crippen molar-refractivity contribution in [3.8, 4) is 0 Å². The van der Waals surface area contributed by atoms with Crippen molar-refractivity contribution in [2.75, 3.05) is 38.3 Å². The highest BCUT2D eigenvalue weighted by Gasteiger charge is 2.35. The Balaban J connectivity index is 1.70. The fourth-order valence-electron chi connectivity index (χ4n) is 3.05. The van der Waals surface area contributed by atoms with Crippen LogP contribution in [0, 0.1) is 0 Å². The summed E-state index contributed by atoms with van der Waals surface area (Å²) in [6.45, 7) is 5.91. The van der Waals surface area contributed by atoms with Crippen molar-refractivity contribution < 1.29 is 13.2 Å². The summed E-state index contributed by atoms with van der Waals surface area (Å²) in [6, 6.07) is 0.505. The number of imidazole rings is 1. The molecule has 136 valence electrons. The number of hydrogen-bond donors (Lipinski definition) is 0. The van der Waals surface area contributed by atoms with Gasteiger partial charge in [0.05, 0.1) is 19.4 Å². The molecule has 1 aliphatic heterocycles. The van der Waals surface area contributed by atoms with Crippen molar-refractivity contribution in [1.29, 1.82) is 0 Å². The number of anilines is 1. The van der Waals surface area contributed by atoms with E-state index in [-0.39, 0.29) is 5.03 Å². The molecule has 1 unspecified atom stereocenters. The van der Waals surface area contributed by atoms with Gasteiger partial charge in [-0.2, -0.15) is 4.52 Å². The van der Waals surface area contributed by atoms with Crippen molar-refractivity contribution in [3.05, 3.63) is 18.9 Å². The van der Waals surface area contributed by atoms with Gasteiger partial charge < -0.3 is 9.64 Å². The van der Waals surface area contributed by atoms with Crippen LogP contribution in [0.1, 0.15) is 12.8 Å². The lowest BCUT2D eigenvalue weighted by Crippen LogP contribution is -2.46. The third kappa shape index (κ3) is 2.97. The number of nitrogens with zero attached hydrogens (tertiary/aromatic N) is 5. The van der Waals surface area contributed by atoms with E-state index in [2.05, 4.69) is 21.6 Å². The van der Waals surface area contributed by atoms with Gasteiger partial charge in [-0.1, -0.05) is 17.4 Å². The van der Waals surface area contributed by atoms with Crippen LogP contribution in [0.5, 0.6) is 0 Å². The predicted molar refractivity (Wildman–Crippen MR) is 95.9 cm³/mol. The maximum absolute atomic E-state index is 13.2. The lowest BCUT2D eigenvalue weighted by atomic mass is 10.4. The van der Waals surface area contributed by atoms with E-state index in [1.807, 2.05) is 11.9 Å². The quantitative estimate of drug-likeness (QED) is 0.689. The fourth-order valence-corrected chi connectivity index (χ4v) is 5.69. The molecule has 1 saturated heterocycles. The van der Waals surface area contributed by atoms with E-state index < -0.39 is 15.2 Å². The molecule has 0 amide bonds. The van der Waals surface area contributed by atoms with Gasteiger partial charge in [-0.25, -0.2) is 13.4 Å². The molecule has 2 aromatic rings. The summed E-state index contributed by atoms with van der Waals surface area (Å²) in [4.78, 5) is 8.82. The van der Waals surface area contributed by atoms with Crippen LogP contribution in [-0.4, -0.2) is 72.7 Å². The predicted octanol–water partition coefficient (Wildman–Crippen LogP) is 1.01. The van der Waals surface area contributed by atoms with Crippen molar-refractivity contribution in [2.45, 2.75) is 29.3 Å². The summed E-state index contributed by atoms with van der Waals surface area (Å²) in [5.41, 5.74) is 0. The molecule has 8 nitrogen and oxygen atoms in total. The van der Waals surface area contributed by atoms with Gasteiger partial charge in [-0.3, -0.25) is 4.90 Å². The van der Waals surface area contributed by atoms with Gasteiger partial charge in [0, 0.05) is 26.2 Å². The van der Waals surface area contributed by atoms with Crippen LogP contribution in [0.15, 0.2) is 23.9 Å². The number of aromatic nitrogens is 3. The molecule has 0 bridgehead atoms. The molecule has 1 saturated carbocycles. The second-order valence-corrected chi connectivity index (χ2v) is 9.26. The Morgan fingerprint density at radius 3 is 2.80 bits per heavy atom. The highest BCUT2D eigenvalue weighted by molar-refractivity contribution is 7.92. The van der Waals surface area contributed by atoms with Crippen LogP contribution in [0.4, 0.5) is 5.13 Å². The molecule has 1 aliphatic carbocycles. The first kappa shape index (κ1) is 17.0. The fraction of sp³-hybridized carbons (Fsp3) is 0.600. The van der Waals surface area contributed by atoms with E-state index in [0.29, 0.717) is 37.3 Å². The Morgan fingerprint density at radius 2 is 2.16 bits per heavy atom. The molecule has 10 heteroatoms. The van der Waals surface area contributed by atoms with E-state index in [4.69, 9.17) is 4.74 Å². The first-order chi connectivity index (χ1) is 12.0. The van der Waals surface area contributed by atoms with Gasteiger partial charge in [-0.05, 0) is 12.8 Å². The van der Waals surface area contributed by atoms with Gasteiger partial charge in [0.2, 0.25) is 19.9 Å². The molecule has 1 atom stereocenters. The van der Waals surface area contributed by atoms with E-state index in [9.17, 15) is 8.42 Å². The van der Waals surface area contributed by atoms with Gasteiger partial charge >= 0.3 is 0 Å². The van der Waals surface area contributed by atoms with Crippen LogP contribution < -0.4 is 4.90 Å². The minimum Gasteiger partial charge on any atom is -0.379 e. The topological polar surface area (TPSA) is 80.0 Å². The van der Waals surface area contributed by atoms with E-state index in [1.54, 1.807) is 0 Å². The molecular formula is C15H21N5O3S2. The van der Waals surface area contributed by atoms with E-state index >= 15 is 0 Å². The highest BCUT2D eigenvalue weighted by atomic mass is 32.2. The summed E-state index contributed by atoms with van der Waals surface area (Å²) >= 11 is 1.41. The van der Waals surface area contributed by atoms with Crippen LogP contribution in [0.3, 0.4) is 0 Å². The molecule has 4 rings (SSSR count). The zero-order valence-corrected chi connectivity index (χ0v) is 15.7. The summed E-state index contributed by atoms with van der Waals surface area (Å²) in [5.74, 6) is 0. The third-order valence-electron chi connectivity index (χ3n) is 4.66. The maximum atomic E-state index is 13.2. The number of fused-ring (bicyclic) bond motifs is 1. The first-order valence-electron chi connectivity index (χ1n) is 8.28. The molecule has 0 spiro atoms. The standard InChI is InChI=1S/C15H21N5O3S2/c1-3-12(19-6-8-23-9-7-19)25(21,22)13-10-16-14-20(13)17-15(24-14)18(2)11-4-5-11/h3,10-12H,1,4-9H2,2H3. The second kappa shape index (κ2) is 6.35. The monoisotopic (exact) mass is 383 g/mol. The van der Waals surface area contributed by atoms with Gasteiger partial charge in [0.1, 0.15) is 5.37 Å². The number of hydrogen-bond acceptors (Lipinski definition) is 8. The van der Waals surface area contributed by atoms with Gasteiger partial charge in [-0.15, -0.1) is 11.7 Å². The first-order valence-corrected chi connectivity index (χ1v) is 10.6. The van der Waals surface area contributed by atoms with Crippen LogP contribution in [0.2, 0.25) is 0 Å². The normalized spacial score (nSPS) is 20.7. The van der Waals surface area contributed by atoms with Crippen LogP contribution in [-0.2, 0) is 14.6 Å². The molecular weight excluding hydrogens is 362 g/mol. The van der Waals surface area contributed by atoms with Gasteiger partial charge in [0.15, 0.2) is 5.03 Å². The Morgan fingerprint density at radius 1 is 1.44 bits per heavy atom. The summed E-state index contributed by atoms with van der Waals surface area (Å²) < 4.78 is 33.2. The number of rotatable bonds is 6. The lowest BCUT2D eigenvalue weighted by Gasteiger charge is -2.31. The zero-order valence-electron chi connectivity index (χ0n) is 14.0. The maximum Gasteiger partial charge on any atom is 0.217 e. The molecule has 0 N–H and O–H groups in total. The smallest absolute Gasteiger partial charge is 0.217 e. The van der Waals surface area contributed by atoms with Crippen LogP contribution >= 0.6 is 11.3 Å². The minimum absolute atomic E-state index is 0.116. The zero-order chi connectivity index (χ0) is 17.6. The molecule has 2 aliphatic rings. The molecule has 3 heterocycles. The molecule has 2 fully saturated rings. The Kier molecular flexibility index (Phi) is 4.30. The Labute approximate surface area is 150 Å². The number of ether oxygens (including phenoxy) is 1. The van der Waals surface area contributed by atoms with Gasteiger partial charge in [0.25, 0.3) is 0 Å². The van der Waals surface area contributed by atoms with Crippen LogP contribution in [0.25, 0.3) is 4.96 Å². The van der Waals surface area contributed by atoms with E-state index in [0.717, 1.165) is 18.0 Å². The Bertz CT molecular complexity index is 880. The molecule has 25 heavy (non-hydrogen) atoms. The van der Waals surface area contributed by atoms with Crippen molar-refractivity contribution >= 4 is 31.3 Å². The molecule has 2 aromatic heterocycles. The highest BCUT2D eigenvalue weighted by Crippen LogP contribution is 2.33. The van der Waals surface area contributed by atoms with Crippen molar-refractivity contribution in [2.24, 2.45) is 0 Å². The van der Waals surface area contributed by atoms with Crippen molar-refractivity contribution in [1.82, 2.24) is 19.5 Å². The second-order valence-electron chi connectivity index (χ2n) is 6.34. The largest absolute Gasteiger partial charge is 0.379 e. The minimum atomic E-state index is -3.67. The number of morpholine rings is 1. The molecule has 0 radical (unpaired) electrons. The summed E-state index contributed by atoms with van der Waals surface area (Å²) in [5, 5.41) is 4.61. The summed E-state index contributed by atoms with van der Waals surface area (Å²) in [6.07, 6.45) is 5.17. The summed E-state index contributed by atoms with van der Waals surface area (Å²) in [7, 11) is -1.68. The lowest BCUT2D eigenvalue weighted by molar-refractivity contribution is 0.0374. The average molecular weight is 383 g/mol. The third-order valence-corrected chi connectivity index (χ3v) is 7.66. The molecule has 0 aromatic carbocycles.